The van der Waals surface area contributed by atoms with Gasteiger partial charge in [0, 0.05) is 44.3 Å². The quantitative estimate of drug-likeness (QED) is 0.728. The summed E-state index contributed by atoms with van der Waals surface area (Å²) in [5.74, 6) is 0.509. The molecule has 2 amide bonds. The molecule has 0 bridgehead atoms. The van der Waals surface area contributed by atoms with Gasteiger partial charge in [0.1, 0.15) is 0 Å². The number of hydrogen-bond donors (Lipinski definition) is 0. The fourth-order valence-electron chi connectivity index (χ4n) is 5.81. The summed E-state index contributed by atoms with van der Waals surface area (Å²) in [5.41, 5.74) is 1.90. The molecule has 5 rings (SSSR count). The maximum atomic E-state index is 13.3. The van der Waals surface area contributed by atoms with Crippen LogP contribution < -0.4 is 0 Å². The van der Waals surface area contributed by atoms with Gasteiger partial charge >= 0.3 is 0 Å². The van der Waals surface area contributed by atoms with Crippen molar-refractivity contribution in [2.24, 2.45) is 5.41 Å². The summed E-state index contributed by atoms with van der Waals surface area (Å²) < 4.78 is 0. The van der Waals surface area contributed by atoms with Gasteiger partial charge in [0.15, 0.2) is 0 Å². The van der Waals surface area contributed by atoms with Crippen LogP contribution in [0.25, 0.3) is 0 Å². The zero-order chi connectivity index (χ0) is 22.0. The van der Waals surface area contributed by atoms with Gasteiger partial charge in [-0.3, -0.25) is 14.5 Å². The highest BCUT2D eigenvalue weighted by molar-refractivity contribution is 5.94. The van der Waals surface area contributed by atoms with E-state index in [-0.39, 0.29) is 11.3 Å². The van der Waals surface area contributed by atoms with Crippen molar-refractivity contribution in [2.75, 3.05) is 39.3 Å². The van der Waals surface area contributed by atoms with Crippen molar-refractivity contribution in [1.29, 1.82) is 0 Å². The van der Waals surface area contributed by atoms with Crippen molar-refractivity contribution in [3.05, 3.63) is 71.8 Å². The van der Waals surface area contributed by atoms with E-state index in [1.807, 2.05) is 41.3 Å². The average Bonchev–Trinajstić information content (AvgIpc) is 3.43. The molecule has 3 aliphatic rings. The Morgan fingerprint density at radius 1 is 0.875 bits per heavy atom. The summed E-state index contributed by atoms with van der Waals surface area (Å²) in [5, 5.41) is 0. The minimum Gasteiger partial charge on any atom is -0.342 e. The summed E-state index contributed by atoms with van der Waals surface area (Å²) in [7, 11) is 0. The normalized spacial score (nSPS) is 24.6. The molecule has 3 heterocycles. The van der Waals surface area contributed by atoms with Crippen LogP contribution >= 0.6 is 0 Å². The number of carbonyl (C=O) groups is 2. The Bertz CT molecular complexity index is 940. The van der Waals surface area contributed by atoms with Crippen LogP contribution in [0.3, 0.4) is 0 Å². The molecule has 3 saturated heterocycles. The van der Waals surface area contributed by atoms with Crippen molar-refractivity contribution in [1.82, 2.24) is 14.7 Å². The Kier molecular flexibility index (Phi) is 6.01. The first kappa shape index (κ1) is 21.2. The van der Waals surface area contributed by atoms with Crippen molar-refractivity contribution < 1.29 is 9.59 Å². The number of piperidine rings is 1. The van der Waals surface area contributed by atoms with Gasteiger partial charge in [-0.2, -0.15) is 0 Å². The lowest BCUT2D eigenvalue weighted by atomic mass is 9.85. The van der Waals surface area contributed by atoms with E-state index in [9.17, 15) is 9.59 Å². The van der Waals surface area contributed by atoms with E-state index in [1.165, 1.54) is 5.56 Å². The van der Waals surface area contributed by atoms with E-state index < -0.39 is 0 Å². The molecule has 3 fully saturated rings. The Hall–Kier alpha value is -2.66. The largest absolute Gasteiger partial charge is 0.342 e. The van der Waals surface area contributed by atoms with Crippen LogP contribution in [0.15, 0.2) is 60.7 Å². The van der Waals surface area contributed by atoms with Gasteiger partial charge in [0.05, 0.1) is 5.41 Å². The van der Waals surface area contributed by atoms with Gasteiger partial charge in [-0.05, 0) is 56.3 Å². The predicted molar refractivity (Wildman–Crippen MR) is 125 cm³/mol. The fourth-order valence-corrected chi connectivity index (χ4v) is 5.81. The van der Waals surface area contributed by atoms with E-state index in [0.717, 1.165) is 76.9 Å². The molecule has 5 nitrogen and oxygen atoms in total. The molecule has 168 valence electrons. The van der Waals surface area contributed by atoms with Crippen LogP contribution in [0.2, 0.25) is 0 Å². The van der Waals surface area contributed by atoms with E-state index in [1.54, 1.807) is 0 Å². The van der Waals surface area contributed by atoms with Crippen molar-refractivity contribution >= 4 is 11.8 Å². The number of hydrogen-bond acceptors (Lipinski definition) is 3. The Labute approximate surface area is 191 Å². The van der Waals surface area contributed by atoms with Gasteiger partial charge in [-0.25, -0.2) is 0 Å². The number of nitrogens with zero attached hydrogens (tertiary/aromatic N) is 3. The first-order valence-electron chi connectivity index (χ1n) is 12.1. The van der Waals surface area contributed by atoms with Crippen LogP contribution in [-0.2, 0) is 11.2 Å². The second kappa shape index (κ2) is 9.07. The Balaban J connectivity index is 1.13. The third kappa shape index (κ3) is 4.18. The Morgan fingerprint density at radius 2 is 1.53 bits per heavy atom. The van der Waals surface area contributed by atoms with Crippen molar-refractivity contribution in [2.45, 2.75) is 38.1 Å². The molecule has 1 atom stereocenters. The average molecular weight is 432 g/mol. The molecular weight excluding hydrogens is 398 g/mol. The molecule has 0 saturated carbocycles. The Morgan fingerprint density at radius 3 is 2.25 bits per heavy atom. The molecule has 0 aliphatic carbocycles. The molecule has 32 heavy (non-hydrogen) atoms. The maximum Gasteiger partial charge on any atom is 0.253 e. The monoisotopic (exact) mass is 431 g/mol. The van der Waals surface area contributed by atoms with Crippen LogP contribution in [0.4, 0.5) is 0 Å². The molecule has 3 aliphatic heterocycles. The molecule has 1 spiro atoms. The minimum atomic E-state index is -0.173. The van der Waals surface area contributed by atoms with E-state index in [4.69, 9.17) is 0 Å². The second-order valence-electron chi connectivity index (χ2n) is 9.67. The standard InChI is InChI=1S/C27H33N3O2/c31-25(23-9-5-2-6-10-23)28-17-12-24(13-18-28)30-20-15-27(21-30)14-19-29(26(27)32)16-11-22-7-3-1-4-8-22/h1-10,24H,11-21H2. The first-order chi connectivity index (χ1) is 15.6. The van der Waals surface area contributed by atoms with Crippen LogP contribution in [0.1, 0.15) is 41.6 Å². The van der Waals surface area contributed by atoms with Crippen molar-refractivity contribution in [3.63, 3.8) is 0 Å². The lowest BCUT2D eigenvalue weighted by Gasteiger charge is -2.37. The predicted octanol–water partition coefficient (Wildman–Crippen LogP) is 3.46. The number of rotatable bonds is 5. The van der Waals surface area contributed by atoms with E-state index in [2.05, 4.69) is 34.1 Å². The smallest absolute Gasteiger partial charge is 0.253 e. The summed E-state index contributed by atoms with van der Waals surface area (Å²) in [4.78, 5) is 32.7. The molecule has 0 radical (unpaired) electrons. The maximum absolute atomic E-state index is 13.3. The summed E-state index contributed by atoms with van der Waals surface area (Å²) in [6.45, 7) is 5.23. The lowest BCUT2D eigenvalue weighted by molar-refractivity contribution is -0.135. The first-order valence-corrected chi connectivity index (χ1v) is 12.1. The van der Waals surface area contributed by atoms with Crippen LogP contribution in [0, 0.1) is 5.41 Å². The van der Waals surface area contributed by atoms with Gasteiger partial charge in [0.2, 0.25) is 5.91 Å². The number of likely N-dealkylation sites (tertiary alicyclic amines) is 3. The highest BCUT2D eigenvalue weighted by Crippen LogP contribution is 2.42. The lowest BCUT2D eigenvalue weighted by Crippen LogP contribution is -2.47. The second-order valence-corrected chi connectivity index (χ2v) is 9.67. The summed E-state index contributed by atoms with van der Waals surface area (Å²) in [6.07, 6.45) is 4.90. The SMILES string of the molecule is O=C(c1ccccc1)N1CCC(N2CCC3(CCN(CCc4ccccc4)C3=O)C2)CC1. The summed E-state index contributed by atoms with van der Waals surface area (Å²) in [6, 6.07) is 20.5. The molecule has 5 heteroatoms. The number of amides is 2. The van der Waals surface area contributed by atoms with Gasteiger partial charge in [-0.15, -0.1) is 0 Å². The van der Waals surface area contributed by atoms with Gasteiger partial charge in [-0.1, -0.05) is 48.5 Å². The zero-order valence-corrected chi connectivity index (χ0v) is 18.8. The van der Waals surface area contributed by atoms with Crippen LogP contribution in [-0.4, -0.2) is 71.8 Å². The van der Waals surface area contributed by atoms with Gasteiger partial charge < -0.3 is 9.80 Å². The molecule has 2 aromatic rings. The van der Waals surface area contributed by atoms with Gasteiger partial charge in [0.25, 0.3) is 5.91 Å². The minimum absolute atomic E-state index is 0.141. The number of carbonyl (C=O) groups excluding carboxylic acids is 2. The highest BCUT2D eigenvalue weighted by Gasteiger charge is 2.51. The zero-order valence-electron chi connectivity index (χ0n) is 18.8. The van der Waals surface area contributed by atoms with Crippen LogP contribution in [0.5, 0.6) is 0 Å². The molecule has 1 unspecified atom stereocenters. The third-order valence-corrected chi connectivity index (χ3v) is 7.79. The number of benzene rings is 2. The van der Waals surface area contributed by atoms with Crippen molar-refractivity contribution in [3.8, 4) is 0 Å². The third-order valence-electron chi connectivity index (χ3n) is 7.79. The van der Waals surface area contributed by atoms with E-state index >= 15 is 0 Å². The van der Waals surface area contributed by atoms with E-state index in [0.29, 0.717) is 11.9 Å². The molecule has 0 aromatic heterocycles. The summed E-state index contributed by atoms with van der Waals surface area (Å²) >= 11 is 0. The fraction of sp³-hybridized carbons (Fsp3) is 0.481. The molecular formula is C27H33N3O2. The molecule has 0 N–H and O–H groups in total. The highest BCUT2D eigenvalue weighted by atomic mass is 16.2. The topological polar surface area (TPSA) is 43.9 Å². The molecule has 2 aromatic carbocycles.